The maximum atomic E-state index is 13.2. The average molecular weight is 488 g/mol. The van der Waals surface area contributed by atoms with Crippen LogP contribution in [-0.2, 0) is 18.6 Å². The molecule has 1 N–H and O–H groups in total. The van der Waals surface area contributed by atoms with Crippen molar-refractivity contribution in [2.75, 3.05) is 0 Å². The van der Waals surface area contributed by atoms with Crippen LogP contribution < -0.4 is 5.56 Å². The molecule has 36 heavy (non-hydrogen) atoms. The number of pyridine rings is 2. The van der Waals surface area contributed by atoms with Gasteiger partial charge in [0.25, 0.3) is 5.56 Å². The molecule has 0 amide bonds. The predicted molar refractivity (Wildman–Crippen MR) is 143 cm³/mol. The largest absolute Gasteiger partial charge is 0.322 e. The smallest absolute Gasteiger partial charge is 0.252 e. The molecule has 0 saturated heterocycles. The Bertz CT molecular complexity index is 1390. The van der Waals surface area contributed by atoms with Gasteiger partial charge in [-0.25, -0.2) is 4.68 Å². The van der Waals surface area contributed by atoms with Crippen molar-refractivity contribution < 1.29 is 0 Å². The van der Waals surface area contributed by atoms with E-state index in [1.807, 2.05) is 29.1 Å². The normalized spacial score (nSPS) is 13.1. The van der Waals surface area contributed by atoms with Gasteiger partial charge in [-0.15, -0.1) is 5.10 Å². The summed E-state index contributed by atoms with van der Waals surface area (Å²) in [5.41, 5.74) is 4.71. The number of aryl methyl sites for hydroxylation is 2. The third-order valence-corrected chi connectivity index (χ3v) is 7.24. The standard InChI is InChI=1S/C28H37N7O/c1-8-28(6,7)35-26(31-32-33-35)25(18(2)3)34(16-21-10-9-11-29-15-21)17-23-14-22-12-19(4)20(5)13-24(22)30-27(23)36/h9-15,18,25H,8,16-17H2,1-7H3,(H,30,36). The third kappa shape index (κ3) is 5.23. The number of benzene rings is 1. The van der Waals surface area contributed by atoms with Crippen LogP contribution in [0.25, 0.3) is 10.9 Å². The second-order valence-corrected chi connectivity index (χ2v) is 10.7. The maximum absolute atomic E-state index is 13.2. The van der Waals surface area contributed by atoms with E-state index < -0.39 is 0 Å². The Morgan fingerprint density at radius 2 is 1.86 bits per heavy atom. The van der Waals surface area contributed by atoms with Crippen molar-refractivity contribution in [1.29, 1.82) is 0 Å². The summed E-state index contributed by atoms with van der Waals surface area (Å²) in [4.78, 5) is 22.9. The number of rotatable bonds is 9. The van der Waals surface area contributed by atoms with Crippen molar-refractivity contribution in [2.45, 2.75) is 79.6 Å². The first kappa shape index (κ1) is 25.7. The first-order chi connectivity index (χ1) is 17.1. The fraction of sp³-hybridized carbons (Fsp3) is 0.464. The summed E-state index contributed by atoms with van der Waals surface area (Å²) in [6.07, 6.45) is 4.54. The van der Waals surface area contributed by atoms with Gasteiger partial charge in [0.15, 0.2) is 5.82 Å². The molecule has 4 rings (SSSR count). The highest BCUT2D eigenvalue weighted by molar-refractivity contribution is 5.80. The highest BCUT2D eigenvalue weighted by Crippen LogP contribution is 2.33. The molecular formula is C28H37N7O. The molecule has 190 valence electrons. The molecule has 0 fully saturated rings. The van der Waals surface area contributed by atoms with Crippen molar-refractivity contribution in [3.8, 4) is 0 Å². The van der Waals surface area contributed by atoms with Crippen molar-refractivity contribution in [1.82, 2.24) is 35.1 Å². The van der Waals surface area contributed by atoms with Crippen LogP contribution in [0, 0.1) is 19.8 Å². The molecule has 3 aromatic heterocycles. The van der Waals surface area contributed by atoms with Gasteiger partial charge in [-0.3, -0.25) is 14.7 Å². The molecule has 1 aromatic carbocycles. The number of fused-ring (bicyclic) bond motifs is 1. The Morgan fingerprint density at radius 1 is 1.11 bits per heavy atom. The van der Waals surface area contributed by atoms with E-state index in [9.17, 15) is 4.79 Å². The summed E-state index contributed by atoms with van der Waals surface area (Å²) in [6, 6.07) is 10.1. The maximum Gasteiger partial charge on any atom is 0.252 e. The van der Waals surface area contributed by atoms with E-state index in [4.69, 9.17) is 0 Å². The Labute approximate surface area is 212 Å². The molecule has 8 nitrogen and oxygen atoms in total. The lowest BCUT2D eigenvalue weighted by Gasteiger charge is -2.35. The molecule has 0 aliphatic heterocycles. The number of aromatic nitrogens is 6. The molecule has 0 aliphatic carbocycles. The number of nitrogens with one attached hydrogen (secondary N) is 1. The molecule has 1 unspecified atom stereocenters. The lowest BCUT2D eigenvalue weighted by Crippen LogP contribution is -2.38. The zero-order chi connectivity index (χ0) is 26.0. The van der Waals surface area contributed by atoms with Gasteiger partial charge in [0.05, 0.1) is 11.6 Å². The average Bonchev–Trinajstić information content (AvgIpc) is 3.32. The topological polar surface area (TPSA) is 92.6 Å². The van der Waals surface area contributed by atoms with E-state index in [-0.39, 0.29) is 23.1 Å². The Kier molecular flexibility index (Phi) is 7.36. The van der Waals surface area contributed by atoms with E-state index in [1.165, 1.54) is 5.56 Å². The molecule has 0 bridgehead atoms. The fourth-order valence-corrected chi connectivity index (χ4v) is 4.68. The van der Waals surface area contributed by atoms with Gasteiger partial charge in [0.1, 0.15) is 0 Å². The van der Waals surface area contributed by atoms with E-state index in [2.05, 4.69) is 91.0 Å². The molecule has 0 saturated carbocycles. The van der Waals surface area contributed by atoms with Crippen molar-refractivity contribution in [3.63, 3.8) is 0 Å². The van der Waals surface area contributed by atoms with Crippen LogP contribution >= 0.6 is 0 Å². The zero-order valence-electron chi connectivity index (χ0n) is 22.4. The fourth-order valence-electron chi connectivity index (χ4n) is 4.68. The molecule has 0 aliphatic rings. The lowest BCUT2D eigenvalue weighted by molar-refractivity contribution is 0.117. The highest BCUT2D eigenvalue weighted by atomic mass is 16.1. The van der Waals surface area contributed by atoms with Crippen molar-refractivity contribution >= 4 is 10.9 Å². The summed E-state index contributed by atoms with van der Waals surface area (Å²) in [7, 11) is 0. The predicted octanol–water partition coefficient (Wildman–Crippen LogP) is 5.07. The van der Waals surface area contributed by atoms with Crippen LogP contribution in [0.3, 0.4) is 0 Å². The first-order valence-corrected chi connectivity index (χ1v) is 12.7. The minimum absolute atomic E-state index is 0.0714. The van der Waals surface area contributed by atoms with E-state index in [0.29, 0.717) is 18.7 Å². The molecule has 0 spiro atoms. The summed E-state index contributed by atoms with van der Waals surface area (Å²) in [5, 5.41) is 14.0. The van der Waals surface area contributed by atoms with Crippen LogP contribution in [0.15, 0.2) is 47.5 Å². The second kappa shape index (κ2) is 10.3. The molecule has 4 aromatic rings. The molecule has 3 heterocycles. The van der Waals surface area contributed by atoms with Gasteiger partial charge < -0.3 is 4.98 Å². The van der Waals surface area contributed by atoms with Gasteiger partial charge >= 0.3 is 0 Å². The van der Waals surface area contributed by atoms with Gasteiger partial charge in [0.2, 0.25) is 0 Å². The summed E-state index contributed by atoms with van der Waals surface area (Å²) < 4.78 is 1.95. The van der Waals surface area contributed by atoms with E-state index in [1.54, 1.807) is 6.20 Å². The monoisotopic (exact) mass is 487 g/mol. The Balaban J connectivity index is 1.82. The first-order valence-electron chi connectivity index (χ1n) is 12.7. The third-order valence-electron chi connectivity index (χ3n) is 7.24. The quantitative estimate of drug-likeness (QED) is 0.354. The van der Waals surface area contributed by atoms with E-state index >= 15 is 0 Å². The minimum Gasteiger partial charge on any atom is -0.322 e. The number of hydrogen-bond acceptors (Lipinski definition) is 6. The lowest BCUT2D eigenvalue weighted by atomic mass is 9.97. The molecule has 1 atom stereocenters. The number of hydrogen-bond donors (Lipinski definition) is 1. The van der Waals surface area contributed by atoms with Crippen LogP contribution in [0.2, 0.25) is 0 Å². The van der Waals surface area contributed by atoms with Gasteiger partial charge in [-0.2, -0.15) is 0 Å². The van der Waals surface area contributed by atoms with E-state index in [0.717, 1.165) is 34.3 Å². The number of nitrogens with zero attached hydrogens (tertiary/aromatic N) is 6. The minimum atomic E-state index is -0.234. The molecular weight excluding hydrogens is 450 g/mol. The Hall–Kier alpha value is -3.39. The number of tetrazole rings is 1. The summed E-state index contributed by atoms with van der Waals surface area (Å²) in [6.45, 7) is 16.0. The van der Waals surface area contributed by atoms with Gasteiger partial charge in [-0.05, 0) is 96.8 Å². The van der Waals surface area contributed by atoms with Crippen LogP contribution in [0.5, 0.6) is 0 Å². The highest BCUT2D eigenvalue weighted by Gasteiger charge is 2.34. The second-order valence-electron chi connectivity index (χ2n) is 10.7. The van der Waals surface area contributed by atoms with Crippen molar-refractivity contribution in [2.24, 2.45) is 5.92 Å². The van der Waals surface area contributed by atoms with Gasteiger partial charge in [-0.1, -0.05) is 26.8 Å². The number of aromatic amines is 1. The SMILES string of the molecule is CCC(C)(C)n1nnnc1C(C(C)C)N(Cc1cccnc1)Cc1cc2cc(C)c(C)cc2[nH]c1=O. The molecule has 8 heteroatoms. The number of H-pyrrole nitrogens is 1. The van der Waals surface area contributed by atoms with Crippen LogP contribution in [-0.4, -0.2) is 35.1 Å². The summed E-state index contributed by atoms with van der Waals surface area (Å²) in [5.74, 6) is 1.01. The Morgan fingerprint density at radius 3 is 2.53 bits per heavy atom. The van der Waals surface area contributed by atoms with Crippen LogP contribution in [0.4, 0.5) is 0 Å². The summed E-state index contributed by atoms with van der Waals surface area (Å²) >= 11 is 0. The van der Waals surface area contributed by atoms with Crippen LogP contribution in [0.1, 0.15) is 75.2 Å². The van der Waals surface area contributed by atoms with Gasteiger partial charge in [0, 0.05) is 36.6 Å². The zero-order valence-corrected chi connectivity index (χ0v) is 22.4. The molecule has 0 radical (unpaired) electrons. The van der Waals surface area contributed by atoms with Crippen molar-refractivity contribution in [3.05, 3.63) is 81.2 Å².